The summed E-state index contributed by atoms with van der Waals surface area (Å²) in [6.07, 6.45) is 5.16. The topological polar surface area (TPSA) is 88.3 Å². The summed E-state index contributed by atoms with van der Waals surface area (Å²) < 4.78 is 14.4. The normalized spacial score (nSPS) is 21.8. The van der Waals surface area contributed by atoms with E-state index in [0.29, 0.717) is 13.0 Å². The van der Waals surface area contributed by atoms with Crippen LogP contribution in [-0.2, 0) is 15.0 Å². The zero-order valence-electron chi connectivity index (χ0n) is 24.2. The van der Waals surface area contributed by atoms with E-state index in [9.17, 15) is 0 Å². The molecule has 2 aliphatic heterocycles. The van der Waals surface area contributed by atoms with Crippen LogP contribution in [0.4, 0.5) is 5.82 Å². The van der Waals surface area contributed by atoms with Gasteiger partial charge >= 0.3 is 0 Å². The summed E-state index contributed by atoms with van der Waals surface area (Å²) in [6.45, 7) is 0.445. The Kier molecular flexibility index (Phi) is 8.14. The van der Waals surface area contributed by atoms with Crippen molar-refractivity contribution in [3.05, 3.63) is 120 Å². The van der Waals surface area contributed by atoms with E-state index < -0.39 is 5.54 Å². The number of imidazole rings is 1. The second-order valence-electron chi connectivity index (χ2n) is 10.8. The number of rotatable bonds is 10. The lowest BCUT2D eigenvalue weighted by atomic mass is 9.76. The molecule has 9 heteroatoms. The van der Waals surface area contributed by atoms with Crippen LogP contribution >= 0.6 is 0 Å². The molecule has 3 aromatic carbocycles. The maximum absolute atomic E-state index is 6.71. The monoisotopic (exact) mass is 563 g/mol. The van der Waals surface area contributed by atoms with E-state index >= 15 is 0 Å². The molecular weight excluding hydrogens is 526 g/mol. The molecule has 42 heavy (non-hydrogen) atoms. The van der Waals surface area contributed by atoms with Crippen LogP contribution < -0.4 is 10.6 Å². The third-order valence-electron chi connectivity index (χ3n) is 7.82. The van der Waals surface area contributed by atoms with Gasteiger partial charge in [0.2, 0.25) is 0 Å². The minimum absolute atomic E-state index is 0.0538. The minimum atomic E-state index is -0.624. The summed E-state index contributed by atoms with van der Waals surface area (Å²) in [5.41, 5.74) is 3.60. The molecule has 3 heterocycles. The zero-order valence-corrected chi connectivity index (χ0v) is 24.2. The molecule has 0 bridgehead atoms. The molecule has 1 saturated heterocycles. The standard InChI is InChI=1S/C33H37N7O2/c1-39(2)22-37-31-30-32(35-21-34-31)40(23-36-30)29-19-27(28(42-29)20-41-3)38-33(24-13-7-4-8-14-24,25-15-9-5-10-16-25)26-17-11-6-12-18-26/h4-18,21-23,27-29,31,38H,19-20H2,1-3H3,(H,34,35)/b37-22-. The first-order chi connectivity index (χ1) is 20.6. The fourth-order valence-electron chi connectivity index (χ4n) is 5.93. The summed E-state index contributed by atoms with van der Waals surface area (Å²) in [5.74, 6) is 0.747. The van der Waals surface area contributed by atoms with Crippen LogP contribution in [0.3, 0.4) is 0 Å². The van der Waals surface area contributed by atoms with Crippen LogP contribution in [-0.4, -0.2) is 67.1 Å². The molecule has 2 aliphatic rings. The minimum Gasteiger partial charge on any atom is -0.382 e. The quantitative estimate of drug-likeness (QED) is 0.166. The van der Waals surface area contributed by atoms with Gasteiger partial charge in [0.1, 0.15) is 11.9 Å². The predicted molar refractivity (Wildman–Crippen MR) is 165 cm³/mol. The van der Waals surface area contributed by atoms with E-state index in [-0.39, 0.29) is 24.5 Å². The number of methoxy groups -OCH3 is 1. The zero-order chi connectivity index (χ0) is 28.9. The van der Waals surface area contributed by atoms with Crippen LogP contribution in [0.5, 0.6) is 0 Å². The summed E-state index contributed by atoms with van der Waals surface area (Å²) in [7, 11) is 5.60. The highest BCUT2D eigenvalue weighted by Gasteiger charge is 2.45. The highest BCUT2D eigenvalue weighted by atomic mass is 16.5. The highest BCUT2D eigenvalue weighted by molar-refractivity contribution is 5.66. The maximum atomic E-state index is 6.71. The lowest BCUT2D eigenvalue weighted by Gasteiger charge is -2.40. The molecule has 4 unspecified atom stereocenters. The number of benzene rings is 3. The molecule has 0 saturated carbocycles. The van der Waals surface area contributed by atoms with Crippen molar-refractivity contribution < 1.29 is 9.47 Å². The van der Waals surface area contributed by atoms with Gasteiger partial charge in [0.05, 0.1) is 37.3 Å². The molecule has 0 amide bonds. The first-order valence-corrected chi connectivity index (χ1v) is 14.2. The van der Waals surface area contributed by atoms with Gasteiger partial charge in [-0.15, -0.1) is 0 Å². The van der Waals surface area contributed by atoms with Crippen LogP contribution in [0.1, 0.15) is 41.2 Å². The first kappa shape index (κ1) is 27.8. The summed E-state index contributed by atoms with van der Waals surface area (Å²) in [6, 6.07) is 31.8. The van der Waals surface area contributed by atoms with Gasteiger partial charge in [0.15, 0.2) is 12.0 Å². The number of aliphatic imine (C=N–C) groups is 2. The van der Waals surface area contributed by atoms with Crippen molar-refractivity contribution in [1.82, 2.24) is 25.1 Å². The second-order valence-corrected chi connectivity index (χ2v) is 10.8. The molecule has 1 aromatic heterocycles. The molecular formula is C33H37N7O2. The first-order valence-electron chi connectivity index (χ1n) is 14.2. The summed E-state index contributed by atoms with van der Waals surface area (Å²) >= 11 is 0. The Bertz CT molecular complexity index is 1410. The molecule has 4 atom stereocenters. The molecule has 6 rings (SSSR count). The Labute approximate surface area is 246 Å². The van der Waals surface area contributed by atoms with Gasteiger partial charge in [-0.3, -0.25) is 9.88 Å². The Morgan fingerprint density at radius 2 is 1.60 bits per heavy atom. The van der Waals surface area contributed by atoms with E-state index in [1.165, 1.54) is 0 Å². The second kappa shape index (κ2) is 12.3. The predicted octanol–water partition coefficient (Wildman–Crippen LogP) is 4.62. The van der Waals surface area contributed by atoms with Gasteiger partial charge < -0.3 is 19.7 Å². The average molecular weight is 564 g/mol. The van der Waals surface area contributed by atoms with E-state index in [1.807, 2.05) is 29.9 Å². The Morgan fingerprint density at radius 3 is 2.14 bits per heavy atom. The van der Waals surface area contributed by atoms with Gasteiger partial charge in [0.25, 0.3) is 0 Å². The van der Waals surface area contributed by atoms with Crippen LogP contribution in [0.2, 0.25) is 0 Å². The van der Waals surface area contributed by atoms with Crippen molar-refractivity contribution in [3.63, 3.8) is 0 Å². The number of hydrogen-bond acceptors (Lipinski definition) is 7. The third kappa shape index (κ3) is 5.34. The van der Waals surface area contributed by atoms with Crippen molar-refractivity contribution in [3.8, 4) is 0 Å². The number of nitrogens with zero attached hydrogens (tertiary/aromatic N) is 5. The number of fused-ring (bicyclic) bond motifs is 1. The fourth-order valence-corrected chi connectivity index (χ4v) is 5.93. The fraction of sp³-hybridized carbons (Fsp3) is 0.303. The number of ether oxygens (including phenoxy) is 2. The molecule has 9 nitrogen and oxygen atoms in total. The smallest absolute Gasteiger partial charge is 0.167 e. The summed E-state index contributed by atoms with van der Waals surface area (Å²) in [4.78, 5) is 15.8. The van der Waals surface area contributed by atoms with E-state index in [1.54, 1.807) is 19.8 Å². The third-order valence-corrected chi connectivity index (χ3v) is 7.82. The molecule has 216 valence electrons. The van der Waals surface area contributed by atoms with Crippen LogP contribution in [0, 0.1) is 0 Å². The van der Waals surface area contributed by atoms with Crippen molar-refractivity contribution in [2.45, 2.75) is 36.5 Å². The van der Waals surface area contributed by atoms with Gasteiger partial charge in [-0.25, -0.2) is 15.0 Å². The van der Waals surface area contributed by atoms with Gasteiger partial charge in [-0.2, -0.15) is 0 Å². The number of nitrogens with one attached hydrogen (secondary N) is 2. The molecule has 0 spiro atoms. The average Bonchev–Trinajstić information content (AvgIpc) is 3.64. The van der Waals surface area contributed by atoms with Crippen LogP contribution in [0.15, 0.2) is 107 Å². The van der Waals surface area contributed by atoms with Crippen molar-refractivity contribution in [1.29, 1.82) is 0 Å². The largest absolute Gasteiger partial charge is 0.382 e. The van der Waals surface area contributed by atoms with Crippen LogP contribution in [0.25, 0.3) is 0 Å². The van der Waals surface area contributed by atoms with Crippen molar-refractivity contribution in [2.24, 2.45) is 9.98 Å². The molecule has 4 aromatic rings. The van der Waals surface area contributed by atoms with Crippen molar-refractivity contribution in [2.75, 3.05) is 27.8 Å². The van der Waals surface area contributed by atoms with E-state index in [0.717, 1.165) is 28.2 Å². The molecule has 2 N–H and O–H groups in total. The molecule has 1 fully saturated rings. The maximum Gasteiger partial charge on any atom is 0.167 e. The highest BCUT2D eigenvalue weighted by Crippen LogP contribution is 2.42. The number of aromatic nitrogens is 2. The lowest BCUT2D eigenvalue weighted by molar-refractivity contribution is -0.0366. The van der Waals surface area contributed by atoms with E-state index in [2.05, 4.69) is 112 Å². The Hall–Kier alpha value is -4.31. The molecule has 0 aliphatic carbocycles. The SMILES string of the molecule is COCC1OC(n2cnc3c2N=CNC3/N=C\N(C)C)CC1NC(c1ccccc1)(c1ccccc1)c1ccccc1. The lowest BCUT2D eigenvalue weighted by Crippen LogP contribution is -2.53. The Morgan fingerprint density at radius 1 is 1.00 bits per heavy atom. The summed E-state index contributed by atoms with van der Waals surface area (Å²) in [5, 5.41) is 7.30. The molecule has 0 radical (unpaired) electrons. The van der Waals surface area contributed by atoms with E-state index in [4.69, 9.17) is 14.5 Å². The van der Waals surface area contributed by atoms with Gasteiger partial charge in [0, 0.05) is 33.7 Å². The number of hydrogen-bond donors (Lipinski definition) is 2. The van der Waals surface area contributed by atoms with Gasteiger partial charge in [-0.1, -0.05) is 91.0 Å². The Balaban J connectivity index is 1.39. The van der Waals surface area contributed by atoms with Crippen molar-refractivity contribution >= 4 is 18.5 Å². The van der Waals surface area contributed by atoms with Gasteiger partial charge in [-0.05, 0) is 16.7 Å².